The van der Waals surface area contributed by atoms with Gasteiger partial charge in [0.05, 0.1) is 22.1 Å². The smallest absolute Gasteiger partial charge is 0.159 e. The maximum Gasteiger partial charge on any atom is 0.159 e. The molecule has 0 unspecified atom stereocenters. The maximum absolute atomic E-state index is 16.2. The number of hydrogen-bond donors (Lipinski definition) is 3. The highest BCUT2D eigenvalue weighted by molar-refractivity contribution is 5.97. The first-order valence-corrected chi connectivity index (χ1v) is 12.9. The first-order valence-electron chi connectivity index (χ1n) is 12.9. The van der Waals surface area contributed by atoms with E-state index in [2.05, 4.69) is 47.6 Å². The van der Waals surface area contributed by atoms with Crippen LogP contribution in [0, 0.1) is 5.82 Å². The van der Waals surface area contributed by atoms with Crippen molar-refractivity contribution in [2.75, 3.05) is 0 Å². The fraction of sp³-hybridized carbons (Fsp3) is 0.0645. The summed E-state index contributed by atoms with van der Waals surface area (Å²) in [5.74, 6) is 0.0560. The van der Waals surface area contributed by atoms with E-state index in [1.807, 2.05) is 54.6 Å². The van der Waals surface area contributed by atoms with Crippen LogP contribution in [0.1, 0.15) is 11.1 Å². The summed E-state index contributed by atoms with van der Waals surface area (Å²) < 4.78 is 16.2. The molecule has 194 valence electrons. The number of pyridine rings is 3. The van der Waals surface area contributed by atoms with Crippen LogP contribution in [-0.4, -0.2) is 35.1 Å². The number of halogens is 1. The average molecular weight is 527 g/mol. The van der Waals surface area contributed by atoms with Crippen LogP contribution in [0.4, 0.5) is 4.39 Å². The molecule has 0 saturated carbocycles. The van der Waals surface area contributed by atoms with E-state index in [0.717, 1.165) is 17.6 Å². The van der Waals surface area contributed by atoms with Crippen LogP contribution in [0.3, 0.4) is 0 Å². The molecule has 40 heavy (non-hydrogen) atoms. The zero-order chi connectivity index (χ0) is 26.9. The standard InChI is InChI=1S/C31H23FN8/c32-27-22(21-14-20(17-34-18-21)16-33-15-19-6-2-1-3-7-19)9-10-23-26(27)30(40-39-23)31-37-25-11-13-36-28(29(25)38-31)24-8-4-5-12-35-24/h1-14,17-18,33H,15-16H2,(H,37,38)(H,39,40). The van der Waals surface area contributed by atoms with Gasteiger partial charge in [-0.2, -0.15) is 5.10 Å². The number of imidazole rings is 1. The van der Waals surface area contributed by atoms with Crippen LogP contribution in [0.2, 0.25) is 0 Å². The molecular weight excluding hydrogens is 503 g/mol. The summed E-state index contributed by atoms with van der Waals surface area (Å²) in [6.45, 7) is 1.35. The molecule has 7 rings (SSSR count). The Morgan fingerprint density at radius 2 is 1.65 bits per heavy atom. The van der Waals surface area contributed by atoms with Crippen molar-refractivity contribution in [3.05, 3.63) is 115 Å². The Morgan fingerprint density at radius 1 is 0.775 bits per heavy atom. The number of hydrogen-bond acceptors (Lipinski definition) is 6. The molecule has 0 amide bonds. The average Bonchev–Trinajstić information content (AvgIpc) is 3.63. The van der Waals surface area contributed by atoms with E-state index in [1.54, 1.807) is 30.9 Å². The molecule has 0 radical (unpaired) electrons. The van der Waals surface area contributed by atoms with Crippen molar-refractivity contribution in [1.29, 1.82) is 0 Å². The van der Waals surface area contributed by atoms with Gasteiger partial charge in [-0.15, -0.1) is 0 Å². The molecule has 0 aliphatic heterocycles. The Kier molecular flexibility index (Phi) is 6.02. The first-order chi connectivity index (χ1) is 19.7. The van der Waals surface area contributed by atoms with E-state index in [4.69, 9.17) is 4.98 Å². The number of fused-ring (bicyclic) bond motifs is 2. The molecule has 3 N–H and O–H groups in total. The molecule has 2 aromatic carbocycles. The van der Waals surface area contributed by atoms with E-state index in [0.29, 0.717) is 57.0 Å². The molecule has 5 aromatic heterocycles. The van der Waals surface area contributed by atoms with Gasteiger partial charge in [-0.3, -0.25) is 20.1 Å². The molecule has 8 nitrogen and oxygen atoms in total. The second kappa shape index (κ2) is 10.1. The van der Waals surface area contributed by atoms with E-state index >= 15 is 4.39 Å². The third kappa shape index (κ3) is 4.38. The zero-order valence-electron chi connectivity index (χ0n) is 21.3. The normalized spacial score (nSPS) is 11.4. The number of nitrogens with one attached hydrogen (secondary N) is 3. The molecule has 0 aliphatic carbocycles. The Hall–Kier alpha value is -5.28. The topological polar surface area (TPSA) is 108 Å². The van der Waals surface area contributed by atoms with Crippen LogP contribution >= 0.6 is 0 Å². The SMILES string of the molecule is Fc1c(-c2cncc(CNCc3ccccc3)c2)ccc2[nH]nc(-c3nc4c(-c5ccccn5)nccc4[nH]3)c12. The van der Waals surface area contributed by atoms with Crippen LogP contribution < -0.4 is 5.32 Å². The van der Waals surface area contributed by atoms with Crippen LogP contribution in [0.5, 0.6) is 0 Å². The molecule has 7 aromatic rings. The monoisotopic (exact) mass is 526 g/mol. The predicted octanol–water partition coefficient (Wildman–Crippen LogP) is 6.05. The van der Waals surface area contributed by atoms with Crippen molar-refractivity contribution in [1.82, 2.24) is 40.4 Å². The van der Waals surface area contributed by atoms with Crippen molar-refractivity contribution in [3.63, 3.8) is 0 Å². The van der Waals surface area contributed by atoms with Gasteiger partial charge in [0, 0.05) is 49.0 Å². The highest BCUT2D eigenvalue weighted by Gasteiger charge is 2.21. The number of aromatic amines is 2. The molecule has 0 aliphatic rings. The summed E-state index contributed by atoms with van der Waals surface area (Å²) in [5.41, 5.74) is 7.02. The first kappa shape index (κ1) is 23.8. The number of H-pyrrole nitrogens is 2. The van der Waals surface area contributed by atoms with E-state index in [-0.39, 0.29) is 5.82 Å². The summed E-state index contributed by atoms with van der Waals surface area (Å²) in [4.78, 5) is 21.3. The Bertz CT molecular complexity index is 1950. The Labute approximate surface area is 228 Å². The molecule has 0 fully saturated rings. The van der Waals surface area contributed by atoms with Gasteiger partial charge in [0.1, 0.15) is 22.7 Å². The van der Waals surface area contributed by atoms with Gasteiger partial charge in [-0.25, -0.2) is 9.37 Å². The van der Waals surface area contributed by atoms with E-state index in [1.165, 1.54) is 5.56 Å². The quantitative estimate of drug-likeness (QED) is 0.233. The highest BCUT2D eigenvalue weighted by Crippen LogP contribution is 2.34. The fourth-order valence-corrected chi connectivity index (χ4v) is 4.88. The molecule has 0 atom stereocenters. The summed E-state index contributed by atoms with van der Waals surface area (Å²) in [6.07, 6.45) is 6.88. The van der Waals surface area contributed by atoms with Crippen LogP contribution in [0.25, 0.3) is 56.0 Å². The number of nitrogens with zero attached hydrogens (tertiary/aromatic N) is 5. The minimum atomic E-state index is -0.388. The largest absolute Gasteiger partial charge is 0.336 e. The van der Waals surface area contributed by atoms with Gasteiger partial charge in [0.2, 0.25) is 0 Å². The van der Waals surface area contributed by atoms with Gasteiger partial charge < -0.3 is 10.3 Å². The Morgan fingerprint density at radius 3 is 2.52 bits per heavy atom. The van der Waals surface area contributed by atoms with Crippen molar-refractivity contribution in [2.24, 2.45) is 0 Å². The molecule has 9 heteroatoms. The van der Waals surface area contributed by atoms with Gasteiger partial charge in [0.25, 0.3) is 0 Å². The van der Waals surface area contributed by atoms with E-state index < -0.39 is 0 Å². The van der Waals surface area contributed by atoms with Gasteiger partial charge >= 0.3 is 0 Å². The second-order valence-electron chi connectivity index (χ2n) is 9.45. The number of aromatic nitrogens is 7. The summed E-state index contributed by atoms with van der Waals surface area (Å²) in [6, 6.07) is 23.2. The minimum absolute atomic E-state index is 0.358. The highest BCUT2D eigenvalue weighted by atomic mass is 19.1. The maximum atomic E-state index is 16.2. The molecule has 0 spiro atoms. The van der Waals surface area contributed by atoms with Crippen LogP contribution in [0.15, 0.2) is 97.6 Å². The third-order valence-electron chi connectivity index (χ3n) is 6.81. The van der Waals surface area contributed by atoms with Crippen molar-refractivity contribution >= 4 is 21.9 Å². The van der Waals surface area contributed by atoms with Crippen molar-refractivity contribution in [2.45, 2.75) is 13.1 Å². The predicted molar refractivity (Wildman–Crippen MR) is 152 cm³/mol. The Balaban J connectivity index is 1.23. The summed E-state index contributed by atoms with van der Waals surface area (Å²) >= 11 is 0. The lowest BCUT2D eigenvalue weighted by Crippen LogP contribution is -2.12. The van der Waals surface area contributed by atoms with Crippen molar-refractivity contribution < 1.29 is 4.39 Å². The van der Waals surface area contributed by atoms with Gasteiger partial charge in [-0.1, -0.05) is 36.4 Å². The lowest BCUT2D eigenvalue weighted by Gasteiger charge is -2.09. The zero-order valence-corrected chi connectivity index (χ0v) is 21.3. The molecule has 5 heterocycles. The van der Waals surface area contributed by atoms with Crippen LogP contribution in [-0.2, 0) is 13.1 Å². The molecule has 0 saturated heterocycles. The minimum Gasteiger partial charge on any atom is -0.336 e. The third-order valence-corrected chi connectivity index (χ3v) is 6.81. The van der Waals surface area contributed by atoms with Gasteiger partial charge in [-0.05, 0) is 47.5 Å². The molecular formula is C31H23FN8. The number of rotatable bonds is 7. The lowest BCUT2D eigenvalue weighted by atomic mass is 10.0. The molecule has 0 bridgehead atoms. The lowest BCUT2D eigenvalue weighted by molar-refractivity contribution is 0.643. The van der Waals surface area contributed by atoms with E-state index in [9.17, 15) is 0 Å². The summed E-state index contributed by atoms with van der Waals surface area (Å²) in [5, 5.41) is 11.2. The van der Waals surface area contributed by atoms with Gasteiger partial charge in [0.15, 0.2) is 5.82 Å². The van der Waals surface area contributed by atoms with Crippen molar-refractivity contribution in [3.8, 4) is 34.0 Å². The fourth-order valence-electron chi connectivity index (χ4n) is 4.88. The summed E-state index contributed by atoms with van der Waals surface area (Å²) in [7, 11) is 0. The number of benzene rings is 2. The second-order valence-corrected chi connectivity index (χ2v) is 9.45.